The molecule has 0 aliphatic carbocycles. The number of hydrogen-bond acceptors (Lipinski definition) is 7. The number of benzene rings is 3. The number of imidazole rings is 1. The van der Waals surface area contributed by atoms with Crippen molar-refractivity contribution in [2.75, 3.05) is 20.3 Å². The smallest absolute Gasteiger partial charge is 0.335 e. The number of nitrogens with zero attached hydrogens (tertiary/aromatic N) is 4. The first-order valence-electron chi connectivity index (χ1n) is 12.8. The van der Waals surface area contributed by atoms with Crippen molar-refractivity contribution in [1.82, 2.24) is 19.1 Å². The van der Waals surface area contributed by atoms with Crippen molar-refractivity contribution in [2.24, 2.45) is 0 Å². The molecule has 0 radical (unpaired) electrons. The number of hydrogen-bond donors (Lipinski definition) is 1. The molecule has 1 unspecified atom stereocenters. The highest BCUT2D eigenvalue weighted by Crippen LogP contribution is 2.31. The Hall–Kier alpha value is -4.47. The van der Waals surface area contributed by atoms with Crippen molar-refractivity contribution in [3.63, 3.8) is 0 Å². The molecule has 0 saturated carbocycles. The zero-order valence-corrected chi connectivity index (χ0v) is 22.1. The van der Waals surface area contributed by atoms with E-state index in [1.165, 1.54) is 4.57 Å². The summed E-state index contributed by atoms with van der Waals surface area (Å²) in [5, 5.41) is 11.1. The summed E-state index contributed by atoms with van der Waals surface area (Å²) in [4.78, 5) is 23.7. The van der Waals surface area contributed by atoms with E-state index in [4.69, 9.17) is 24.2 Å². The van der Waals surface area contributed by atoms with Gasteiger partial charge in [0.05, 0.1) is 25.9 Å². The van der Waals surface area contributed by atoms with E-state index < -0.39 is 6.29 Å². The maximum atomic E-state index is 14.1. The van der Waals surface area contributed by atoms with E-state index in [1.807, 2.05) is 73.7 Å². The first-order valence-corrected chi connectivity index (χ1v) is 12.8. The van der Waals surface area contributed by atoms with Gasteiger partial charge in [0.15, 0.2) is 11.5 Å². The molecule has 1 atom stereocenters. The molecule has 0 spiro atoms. The molecule has 2 aromatic heterocycles. The van der Waals surface area contributed by atoms with Gasteiger partial charge in [-0.05, 0) is 55.8 Å². The van der Waals surface area contributed by atoms with Crippen molar-refractivity contribution in [3.8, 4) is 28.6 Å². The quantitative estimate of drug-likeness (QED) is 0.263. The van der Waals surface area contributed by atoms with Gasteiger partial charge in [-0.25, -0.2) is 19.3 Å². The third-order valence-corrected chi connectivity index (χ3v) is 6.29. The van der Waals surface area contributed by atoms with Crippen LogP contribution in [0.4, 0.5) is 0 Å². The summed E-state index contributed by atoms with van der Waals surface area (Å²) in [7, 11) is 1.55. The van der Waals surface area contributed by atoms with Crippen LogP contribution in [0.3, 0.4) is 0 Å². The Labute approximate surface area is 225 Å². The van der Waals surface area contributed by atoms with Gasteiger partial charge in [-0.1, -0.05) is 42.5 Å². The lowest BCUT2D eigenvalue weighted by atomic mass is 10.2. The molecule has 5 rings (SSSR count). The predicted molar refractivity (Wildman–Crippen MR) is 148 cm³/mol. The molecule has 2 heterocycles. The first kappa shape index (κ1) is 26.1. The minimum Gasteiger partial charge on any atom is -0.495 e. The molecule has 0 fully saturated rings. The summed E-state index contributed by atoms with van der Waals surface area (Å²) in [5.41, 5.74) is 2.69. The van der Waals surface area contributed by atoms with Gasteiger partial charge >= 0.3 is 5.69 Å². The fourth-order valence-electron chi connectivity index (χ4n) is 4.53. The Kier molecular flexibility index (Phi) is 7.72. The highest BCUT2D eigenvalue weighted by molar-refractivity contribution is 5.80. The first-order chi connectivity index (χ1) is 19.0. The molecule has 39 heavy (non-hydrogen) atoms. The van der Waals surface area contributed by atoms with Crippen LogP contribution < -0.4 is 15.2 Å². The Balaban J connectivity index is 1.83. The molecule has 1 N–H and O–H groups in total. The van der Waals surface area contributed by atoms with Crippen LogP contribution in [0.5, 0.6) is 11.5 Å². The normalized spacial score (nSPS) is 12.0. The molecule has 9 nitrogen and oxygen atoms in total. The van der Waals surface area contributed by atoms with Crippen LogP contribution in [0.2, 0.25) is 0 Å². The van der Waals surface area contributed by atoms with Crippen molar-refractivity contribution in [1.29, 1.82) is 0 Å². The molecule has 0 aliphatic heterocycles. The molecule has 200 valence electrons. The average molecular weight is 527 g/mol. The summed E-state index contributed by atoms with van der Waals surface area (Å²) in [6.07, 6.45) is -1.38. The van der Waals surface area contributed by atoms with Crippen LogP contribution in [-0.4, -0.2) is 44.5 Å². The Morgan fingerprint density at radius 2 is 1.62 bits per heavy atom. The molecule has 0 saturated heterocycles. The summed E-state index contributed by atoms with van der Waals surface area (Å²) >= 11 is 0. The van der Waals surface area contributed by atoms with E-state index >= 15 is 0 Å². The third kappa shape index (κ3) is 5.14. The number of aliphatic hydroxyl groups excluding tert-OH is 1. The van der Waals surface area contributed by atoms with E-state index in [0.717, 1.165) is 11.3 Å². The highest BCUT2D eigenvalue weighted by Gasteiger charge is 2.27. The second kappa shape index (κ2) is 11.5. The topological polar surface area (TPSA) is 101 Å². The van der Waals surface area contributed by atoms with Crippen molar-refractivity contribution in [2.45, 2.75) is 26.7 Å². The number of ether oxygens (including phenoxy) is 3. The summed E-state index contributed by atoms with van der Waals surface area (Å²) in [6, 6.07) is 24.2. The number of aliphatic hydroxyl groups is 1. The van der Waals surface area contributed by atoms with Gasteiger partial charge in [0.2, 0.25) is 6.29 Å². The third-order valence-electron chi connectivity index (χ3n) is 6.29. The Morgan fingerprint density at radius 1 is 0.897 bits per heavy atom. The summed E-state index contributed by atoms with van der Waals surface area (Å²) in [5.74, 6) is 1.56. The van der Waals surface area contributed by atoms with Gasteiger partial charge in [-0.2, -0.15) is 0 Å². The Bertz CT molecular complexity index is 1630. The van der Waals surface area contributed by atoms with Crippen LogP contribution in [0.15, 0.2) is 83.7 Å². The molecular weight excluding hydrogens is 496 g/mol. The Morgan fingerprint density at radius 3 is 2.31 bits per heavy atom. The van der Waals surface area contributed by atoms with Gasteiger partial charge in [-0.15, -0.1) is 0 Å². The minimum atomic E-state index is -1.38. The molecule has 9 heteroatoms. The summed E-state index contributed by atoms with van der Waals surface area (Å²) < 4.78 is 19.8. The zero-order chi connectivity index (χ0) is 27.4. The van der Waals surface area contributed by atoms with E-state index in [9.17, 15) is 9.90 Å². The van der Waals surface area contributed by atoms with Crippen LogP contribution in [0.25, 0.3) is 28.2 Å². The molecule has 0 bridgehead atoms. The lowest BCUT2D eigenvalue weighted by molar-refractivity contribution is -0.0998. The second-order valence-electron chi connectivity index (χ2n) is 8.73. The average Bonchev–Trinajstić information content (AvgIpc) is 3.24. The highest BCUT2D eigenvalue weighted by atomic mass is 16.6. The second-order valence-corrected chi connectivity index (χ2v) is 8.73. The summed E-state index contributed by atoms with van der Waals surface area (Å²) in [6.45, 7) is 4.75. The monoisotopic (exact) mass is 526 g/mol. The molecule has 0 aliphatic rings. The van der Waals surface area contributed by atoms with Gasteiger partial charge in [-0.3, -0.25) is 4.57 Å². The number of aromatic nitrogens is 4. The van der Waals surface area contributed by atoms with Gasteiger partial charge in [0.25, 0.3) is 0 Å². The SMILES string of the molecule is CCOc1ccc(-c2nc(C(O)OCC)c3c(n2)n(-c2ccccc2OC)c(=O)n3Cc2ccccc2)cc1. The largest absolute Gasteiger partial charge is 0.495 e. The van der Waals surface area contributed by atoms with Gasteiger partial charge < -0.3 is 19.3 Å². The molecular formula is C30H30N4O5. The van der Waals surface area contributed by atoms with Crippen LogP contribution in [0.1, 0.15) is 31.4 Å². The number of methoxy groups -OCH3 is 1. The maximum absolute atomic E-state index is 14.1. The van der Waals surface area contributed by atoms with E-state index in [1.54, 1.807) is 30.7 Å². The van der Waals surface area contributed by atoms with E-state index in [0.29, 0.717) is 40.6 Å². The predicted octanol–water partition coefficient (Wildman–Crippen LogP) is 4.73. The van der Waals surface area contributed by atoms with E-state index in [2.05, 4.69) is 0 Å². The van der Waals surface area contributed by atoms with Crippen LogP contribution in [0, 0.1) is 0 Å². The van der Waals surface area contributed by atoms with Crippen LogP contribution in [-0.2, 0) is 11.3 Å². The minimum absolute atomic E-state index is 0.201. The lowest BCUT2D eigenvalue weighted by Crippen LogP contribution is -2.24. The van der Waals surface area contributed by atoms with Gasteiger partial charge in [0, 0.05) is 12.2 Å². The fourth-order valence-corrected chi connectivity index (χ4v) is 4.53. The zero-order valence-electron chi connectivity index (χ0n) is 22.1. The van der Waals surface area contributed by atoms with Crippen molar-refractivity contribution >= 4 is 11.2 Å². The van der Waals surface area contributed by atoms with Crippen molar-refractivity contribution < 1.29 is 19.3 Å². The molecule has 5 aromatic rings. The van der Waals surface area contributed by atoms with Gasteiger partial charge in [0.1, 0.15) is 22.7 Å². The molecule has 0 amide bonds. The fraction of sp³-hybridized carbons (Fsp3) is 0.233. The maximum Gasteiger partial charge on any atom is 0.335 e. The van der Waals surface area contributed by atoms with Crippen molar-refractivity contribution in [3.05, 3.63) is 101 Å². The standard InChI is InChI=1S/C30H30N4O5/c1-4-38-22-17-15-21(16-18-22)27-31-25(29(35)39-5-2)26-28(32-27)34(23-13-9-10-14-24(23)37-3)30(36)33(26)19-20-11-7-6-8-12-20/h6-18,29,35H,4-5,19H2,1-3H3. The number of para-hydroxylation sites is 2. The lowest BCUT2D eigenvalue weighted by Gasteiger charge is -2.15. The van der Waals surface area contributed by atoms with E-state index in [-0.39, 0.29) is 24.5 Å². The number of rotatable bonds is 10. The number of fused-ring (bicyclic) bond motifs is 1. The molecule has 3 aromatic carbocycles. The van der Waals surface area contributed by atoms with Crippen LogP contribution >= 0.6 is 0 Å².